The monoisotopic (exact) mass is 473 g/mol. The topological polar surface area (TPSA) is 95.0 Å². The Balaban J connectivity index is 1.58. The number of amidine groups is 1. The van der Waals surface area contributed by atoms with Crippen molar-refractivity contribution in [1.29, 1.82) is 5.41 Å². The molecule has 1 saturated heterocycles. The van der Waals surface area contributed by atoms with Crippen LogP contribution in [-0.4, -0.2) is 52.4 Å². The second-order valence-electron chi connectivity index (χ2n) is 9.48. The molecular formula is C24H30F3N7. The molecule has 1 fully saturated rings. The molecule has 2 aromatic rings. The van der Waals surface area contributed by atoms with Crippen LogP contribution in [0.3, 0.4) is 0 Å². The second kappa shape index (κ2) is 8.88. The Bertz CT molecular complexity index is 1110. The highest BCUT2D eigenvalue weighted by atomic mass is 19.4. The lowest BCUT2D eigenvalue weighted by molar-refractivity contribution is -0.139. The summed E-state index contributed by atoms with van der Waals surface area (Å²) in [5, 5.41) is 7.84. The Morgan fingerprint density at radius 1 is 1.32 bits per heavy atom. The van der Waals surface area contributed by atoms with Gasteiger partial charge in [-0.3, -0.25) is 5.41 Å². The molecule has 2 unspecified atom stereocenters. The van der Waals surface area contributed by atoms with Gasteiger partial charge in [0.25, 0.3) is 0 Å². The molecule has 0 aromatic carbocycles. The molecule has 10 heteroatoms. The fourth-order valence-electron chi connectivity index (χ4n) is 5.24. The van der Waals surface area contributed by atoms with Crippen LogP contribution < -0.4 is 10.6 Å². The molecule has 1 aliphatic carbocycles. The van der Waals surface area contributed by atoms with Crippen molar-refractivity contribution in [2.45, 2.75) is 38.8 Å². The van der Waals surface area contributed by atoms with E-state index in [0.29, 0.717) is 24.6 Å². The third-order valence-electron chi connectivity index (χ3n) is 6.92. The van der Waals surface area contributed by atoms with E-state index in [-0.39, 0.29) is 23.0 Å². The lowest BCUT2D eigenvalue weighted by Gasteiger charge is -2.42. The van der Waals surface area contributed by atoms with Gasteiger partial charge in [-0.2, -0.15) is 13.2 Å². The largest absolute Gasteiger partial charge is 0.418 e. The average molecular weight is 474 g/mol. The van der Waals surface area contributed by atoms with Gasteiger partial charge in [0.05, 0.1) is 11.3 Å². The summed E-state index contributed by atoms with van der Waals surface area (Å²) in [6.45, 7) is 9.39. The molecule has 7 nitrogen and oxygen atoms in total. The number of pyridine rings is 1. The number of nitrogens with two attached hydrogens (primary N) is 1. The molecule has 2 atom stereocenters. The van der Waals surface area contributed by atoms with E-state index in [2.05, 4.69) is 26.4 Å². The molecule has 182 valence electrons. The molecule has 4 rings (SSSR count). The van der Waals surface area contributed by atoms with Gasteiger partial charge in [0.1, 0.15) is 23.8 Å². The number of anilines is 2. The number of alkyl halides is 3. The maximum absolute atomic E-state index is 13.9. The van der Waals surface area contributed by atoms with Crippen LogP contribution in [0.25, 0.3) is 0 Å². The summed E-state index contributed by atoms with van der Waals surface area (Å²) < 4.78 is 41.7. The van der Waals surface area contributed by atoms with Crippen LogP contribution in [0, 0.1) is 24.2 Å². The Hall–Kier alpha value is -3.17. The van der Waals surface area contributed by atoms with Gasteiger partial charge < -0.3 is 15.5 Å². The van der Waals surface area contributed by atoms with Crippen LogP contribution in [0.1, 0.15) is 40.9 Å². The first-order valence-electron chi connectivity index (χ1n) is 11.3. The molecule has 34 heavy (non-hydrogen) atoms. The predicted molar refractivity (Wildman–Crippen MR) is 126 cm³/mol. The molecule has 2 aliphatic rings. The van der Waals surface area contributed by atoms with Crippen molar-refractivity contribution < 1.29 is 13.2 Å². The molecule has 2 aromatic heterocycles. The Morgan fingerprint density at radius 2 is 2.03 bits per heavy atom. The number of aromatic nitrogens is 3. The summed E-state index contributed by atoms with van der Waals surface area (Å²) in [6, 6.07) is 1.28. The van der Waals surface area contributed by atoms with Crippen molar-refractivity contribution in [3.63, 3.8) is 0 Å². The molecule has 0 bridgehead atoms. The van der Waals surface area contributed by atoms with E-state index in [1.807, 2.05) is 18.9 Å². The van der Waals surface area contributed by atoms with Crippen molar-refractivity contribution >= 4 is 17.5 Å². The number of hydrogen-bond acceptors (Lipinski definition) is 6. The molecule has 3 N–H and O–H groups in total. The quantitative estimate of drug-likeness (QED) is 0.506. The second-order valence-corrected chi connectivity index (χ2v) is 9.48. The van der Waals surface area contributed by atoms with Gasteiger partial charge in [-0.1, -0.05) is 13.5 Å². The molecule has 1 aliphatic heterocycles. The number of likely N-dealkylation sites (tertiary alicyclic amines) is 1. The number of nitrogens with zero attached hydrogens (tertiary/aromatic N) is 5. The molecule has 0 spiro atoms. The summed E-state index contributed by atoms with van der Waals surface area (Å²) in [5.74, 6) is 1.22. The van der Waals surface area contributed by atoms with Gasteiger partial charge in [-0.25, -0.2) is 15.0 Å². The van der Waals surface area contributed by atoms with E-state index >= 15 is 0 Å². The van der Waals surface area contributed by atoms with Crippen molar-refractivity contribution in [2.75, 3.05) is 37.3 Å². The summed E-state index contributed by atoms with van der Waals surface area (Å²) in [5.41, 5.74) is 7.01. The number of aryl methyl sites for hydroxylation is 1. The Kier molecular flexibility index (Phi) is 6.26. The van der Waals surface area contributed by atoms with E-state index in [0.717, 1.165) is 36.7 Å². The normalized spacial score (nSPS) is 20.5. The number of nitrogen functional groups attached to an aromatic ring is 1. The number of hydrogen-bond donors (Lipinski definition) is 2. The first-order valence-corrected chi connectivity index (χ1v) is 11.3. The van der Waals surface area contributed by atoms with Crippen molar-refractivity contribution in [2.24, 2.45) is 11.8 Å². The van der Waals surface area contributed by atoms with Crippen LogP contribution >= 0.6 is 0 Å². The van der Waals surface area contributed by atoms with E-state index in [9.17, 15) is 13.2 Å². The third kappa shape index (κ3) is 4.45. The fraction of sp³-hybridized carbons (Fsp3) is 0.500. The highest BCUT2D eigenvalue weighted by Crippen LogP contribution is 2.44. The van der Waals surface area contributed by atoms with E-state index in [1.165, 1.54) is 19.3 Å². The van der Waals surface area contributed by atoms with Crippen LogP contribution in [0.15, 0.2) is 25.0 Å². The number of nitrogens with one attached hydrogen (secondary N) is 1. The highest BCUT2D eigenvalue weighted by Gasteiger charge is 2.41. The van der Waals surface area contributed by atoms with Gasteiger partial charge in [-0.15, -0.1) is 0 Å². The van der Waals surface area contributed by atoms with Gasteiger partial charge >= 0.3 is 6.18 Å². The van der Waals surface area contributed by atoms with E-state index in [4.69, 9.17) is 11.1 Å². The standard InChI is InChI=1S/C24H30F3N7/c1-5-20(29)34-10-15(11-34)9-33(4)23-17-6-13(2)16(8-18(17)30-12-31-23)22-21(24(25,26)27)14(3)7-19(28)32-22/h5,7,12-13,15-16,29H,1,6,8-11H2,2-4H3,(H2,28,32). The predicted octanol–water partition coefficient (Wildman–Crippen LogP) is 3.83. The lowest BCUT2D eigenvalue weighted by Crippen LogP contribution is -2.53. The SMILES string of the molecule is C=CC(=N)N1CC(CN(C)c2ncnc3c2CC(C)C(c2nc(N)cc(C)c2C(F)(F)F)C3)C1. The maximum Gasteiger partial charge on any atom is 0.418 e. The summed E-state index contributed by atoms with van der Waals surface area (Å²) in [6.07, 6.45) is -0.562. The van der Waals surface area contributed by atoms with Crippen molar-refractivity contribution in [3.8, 4) is 0 Å². The molecule has 3 heterocycles. The first-order chi connectivity index (χ1) is 16.0. The van der Waals surface area contributed by atoms with Crippen LogP contribution in [-0.2, 0) is 19.0 Å². The van der Waals surface area contributed by atoms with Gasteiger partial charge in [0, 0.05) is 49.8 Å². The van der Waals surface area contributed by atoms with Crippen LogP contribution in [0.4, 0.5) is 24.8 Å². The lowest BCUT2D eigenvalue weighted by atomic mass is 9.75. The summed E-state index contributed by atoms with van der Waals surface area (Å²) in [7, 11) is 1.98. The average Bonchev–Trinajstić information content (AvgIpc) is 2.72. The maximum atomic E-state index is 13.9. The number of fused-ring (bicyclic) bond motifs is 1. The van der Waals surface area contributed by atoms with E-state index in [1.54, 1.807) is 6.08 Å². The Morgan fingerprint density at radius 3 is 2.68 bits per heavy atom. The molecule has 0 saturated carbocycles. The zero-order valence-electron chi connectivity index (χ0n) is 19.7. The number of halogens is 3. The number of rotatable bonds is 5. The zero-order valence-corrected chi connectivity index (χ0v) is 19.7. The highest BCUT2D eigenvalue weighted by molar-refractivity contribution is 5.90. The summed E-state index contributed by atoms with van der Waals surface area (Å²) >= 11 is 0. The van der Waals surface area contributed by atoms with Gasteiger partial charge in [-0.05, 0) is 43.4 Å². The van der Waals surface area contributed by atoms with E-state index < -0.39 is 17.7 Å². The minimum Gasteiger partial charge on any atom is -0.384 e. The third-order valence-corrected chi connectivity index (χ3v) is 6.92. The van der Waals surface area contributed by atoms with Gasteiger partial charge in [0.15, 0.2) is 0 Å². The minimum atomic E-state index is -4.50. The van der Waals surface area contributed by atoms with Crippen molar-refractivity contribution in [1.82, 2.24) is 19.9 Å². The van der Waals surface area contributed by atoms with Gasteiger partial charge in [0.2, 0.25) is 0 Å². The zero-order chi connectivity index (χ0) is 24.8. The van der Waals surface area contributed by atoms with Crippen molar-refractivity contribution in [3.05, 3.63) is 53.1 Å². The smallest absolute Gasteiger partial charge is 0.384 e. The minimum absolute atomic E-state index is 0.0101. The van der Waals surface area contributed by atoms with Crippen LogP contribution in [0.5, 0.6) is 0 Å². The van der Waals surface area contributed by atoms with Crippen LogP contribution in [0.2, 0.25) is 0 Å². The summed E-state index contributed by atoms with van der Waals surface area (Å²) in [4.78, 5) is 17.2. The Labute approximate surface area is 197 Å². The molecule has 0 amide bonds. The first kappa shape index (κ1) is 24.0. The molecular weight excluding hydrogens is 443 g/mol. The fourth-order valence-corrected chi connectivity index (χ4v) is 5.24. The molecule has 0 radical (unpaired) electrons.